The van der Waals surface area contributed by atoms with E-state index in [2.05, 4.69) is 28.6 Å². The summed E-state index contributed by atoms with van der Waals surface area (Å²) in [5.41, 5.74) is 2.86. The minimum absolute atomic E-state index is 0.0336. The summed E-state index contributed by atoms with van der Waals surface area (Å²) in [5.74, 6) is 0.906. The Labute approximate surface area is 226 Å². The van der Waals surface area contributed by atoms with Gasteiger partial charge in [-0.1, -0.05) is 31.0 Å². The third kappa shape index (κ3) is 7.38. The monoisotopic (exact) mass is 518 g/mol. The number of aryl methyl sites for hydroxylation is 1. The van der Waals surface area contributed by atoms with Gasteiger partial charge in [-0.15, -0.1) is 0 Å². The molecule has 1 N–H and O–H groups in total. The van der Waals surface area contributed by atoms with Crippen LogP contribution < -0.4 is 5.32 Å². The van der Waals surface area contributed by atoms with Gasteiger partial charge in [-0.3, -0.25) is 9.59 Å². The molecule has 2 aromatic heterocycles. The average Bonchev–Trinajstić information content (AvgIpc) is 3.57. The summed E-state index contributed by atoms with van der Waals surface area (Å²) in [6, 6.07) is 16.0. The molecule has 0 bridgehead atoms. The van der Waals surface area contributed by atoms with Crippen LogP contribution in [0.4, 0.5) is 0 Å². The van der Waals surface area contributed by atoms with Crippen molar-refractivity contribution < 1.29 is 14.0 Å². The van der Waals surface area contributed by atoms with Crippen LogP contribution in [-0.4, -0.2) is 58.4 Å². The first kappa shape index (κ1) is 27.7. The summed E-state index contributed by atoms with van der Waals surface area (Å²) >= 11 is 0. The van der Waals surface area contributed by atoms with Crippen molar-refractivity contribution in [2.45, 2.75) is 72.0 Å². The SMILES string of the molecule is CCCN(Cc1cccn1Cc1ccc(C(=O)NCCCN2CCCCC2C)o1)C(=O)c1ccc(C)cc1. The van der Waals surface area contributed by atoms with Gasteiger partial charge in [0.15, 0.2) is 5.76 Å². The van der Waals surface area contributed by atoms with Crippen LogP contribution in [0, 0.1) is 6.92 Å². The van der Waals surface area contributed by atoms with Crippen molar-refractivity contribution in [2.24, 2.45) is 0 Å². The minimum Gasteiger partial charge on any atom is -0.454 e. The average molecular weight is 519 g/mol. The lowest BCUT2D eigenvalue weighted by Crippen LogP contribution is -2.39. The van der Waals surface area contributed by atoms with Crippen LogP contribution in [0.15, 0.2) is 59.1 Å². The van der Waals surface area contributed by atoms with Gasteiger partial charge in [0.05, 0.1) is 13.1 Å². The number of nitrogens with zero attached hydrogens (tertiary/aromatic N) is 3. The van der Waals surface area contributed by atoms with Crippen LogP contribution in [0.25, 0.3) is 0 Å². The number of furan rings is 1. The van der Waals surface area contributed by atoms with E-state index < -0.39 is 0 Å². The fourth-order valence-corrected chi connectivity index (χ4v) is 5.16. The number of hydrogen-bond acceptors (Lipinski definition) is 4. The molecule has 1 aliphatic rings. The van der Waals surface area contributed by atoms with Gasteiger partial charge in [0.1, 0.15) is 5.76 Å². The zero-order valence-electron chi connectivity index (χ0n) is 23.1. The first-order valence-corrected chi connectivity index (χ1v) is 14.1. The predicted octanol–water partition coefficient (Wildman–Crippen LogP) is 5.48. The van der Waals surface area contributed by atoms with Crippen LogP contribution in [0.2, 0.25) is 0 Å². The van der Waals surface area contributed by atoms with E-state index in [1.807, 2.05) is 60.5 Å². The molecule has 2 amide bonds. The second kappa shape index (κ2) is 13.5. The van der Waals surface area contributed by atoms with E-state index in [-0.39, 0.29) is 11.8 Å². The van der Waals surface area contributed by atoms with Crippen molar-refractivity contribution in [2.75, 3.05) is 26.2 Å². The maximum Gasteiger partial charge on any atom is 0.286 e. The van der Waals surface area contributed by atoms with Crippen LogP contribution in [0.1, 0.15) is 83.9 Å². The molecule has 0 radical (unpaired) electrons. The smallest absolute Gasteiger partial charge is 0.286 e. The van der Waals surface area contributed by atoms with Gasteiger partial charge < -0.3 is 24.1 Å². The quantitative estimate of drug-likeness (QED) is 0.322. The van der Waals surface area contributed by atoms with Crippen LogP contribution >= 0.6 is 0 Å². The summed E-state index contributed by atoms with van der Waals surface area (Å²) in [6.07, 6.45) is 7.67. The molecular formula is C31H42N4O3. The third-order valence-electron chi connectivity index (χ3n) is 7.42. The molecule has 1 aromatic carbocycles. The molecule has 0 spiro atoms. The van der Waals surface area contributed by atoms with Gasteiger partial charge in [-0.2, -0.15) is 0 Å². The summed E-state index contributed by atoms with van der Waals surface area (Å²) in [4.78, 5) is 30.2. The van der Waals surface area contributed by atoms with Crippen LogP contribution in [-0.2, 0) is 13.1 Å². The lowest BCUT2D eigenvalue weighted by molar-refractivity contribution is 0.0739. The van der Waals surface area contributed by atoms with Crippen molar-refractivity contribution in [3.05, 3.63) is 83.1 Å². The molecule has 1 unspecified atom stereocenters. The summed E-state index contributed by atoms with van der Waals surface area (Å²) in [7, 11) is 0. The van der Waals surface area contributed by atoms with Crippen molar-refractivity contribution in [1.29, 1.82) is 0 Å². The Hall–Kier alpha value is -3.32. The molecular weight excluding hydrogens is 476 g/mol. The van der Waals surface area contributed by atoms with Gasteiger partial charge in [-0.05, 0) is 82.5 Å². The van der Waals surface area contributed by atoms with Crippen molar-refractivity contribution in [1.82, 2.24) is 19.7 Å². The number of amides is 2. The van der Waals surface area contributed by atoms with E-state index in [0.717, 1.165) is 37.2 Å². The van der Waals surface area contributed by atoms with E-state index >= 15 is 0 Å². The Kier molecular flexibility index (Phi) is 9.82. The molecule has 7 nitrogen and oxygen atoms in total. The fourth-order valence-electron chi connectivity index (χ4n) is 5.16. The standard InChI is InChI=1S/C31H42N4O3/c1-4-18-35(31(37)26-13-11-24(2)12-14-26)22-27-10-7-20-34(27)23-28-15-16-29(38-28)30(36)32-17-8-21-33-19-6-5-9-25(33)3/h7,10-16,20,25H,4-6,8-9,17-19,21-23H2,1-3H3,(H,32,36). The van der Waals surface area contributed by atoms with E-state index in [9.17, 15) is 9.59 Å². The van der Waals surface area contributed by atoms with Gasteiger partial charge in [0, 0.05) is 43.1 Å². The highest BCUT2D eigenvalue weighted by Gasteiger charge is 2.19. The molecule has 3 heterocycles. The topological polar surface area (TPSA) is 70.7 Å². The van der Waals surface area contributed by atoms with E-state index in [1.165, 1.54) is 19.3 Å². The second-order valence-corrected chi connectivity index (χ2v) is 10.5. The molecule has 1 atom stereocenters. The van der Waals surface area contributed by atoms with Crippen molar-refractivity contribution in [3.63, 3.8) is 0 Å². The van der Waals surface area contributed by atoms with Gasteiger partial charge in [0.2, 0.25) is 0 Å². The molecule has 4 rings (SSSR count). The summed E-state index contributed by atoms with van der Waals surface area (Å²) in [6.45, 7) is 10.9. The highest BCUT2D eigenvalue weighted by atomic mass is 16.4. The molecule has 1 fully saturated rings. The number of aromatic nitrogens is 1. The van der Waals surface area contributed by atoms with Crippen molar-refractivity contribution >= 4 is 11.8 Å². The molecule has 1 saturated heterocycles. The molecule has 3 aromatic rings. The molecule has 204 valence electrons. The lowest BCUT2D eigenvalue weighted by atomic mass is 10.0. The number of piperidine rings is 1. The number of carbonyl (C=O) groups excluding carboxylic acids is 2. The number of likely N-dealkylation sites (tertiary alicyclic amines) is 1. The maximum absolute atomic E-state index is 13.2. The number of benzene rings is 1. The normalized spacial score (nSPS) is 15.9. The molecule has 1 aliphatic heterocycles. The minimum atomic E-state index is -0.173. The van der Waals surface area contributed by atoms with E-state index in [4.69, 9.17) is 4.42 Å². The van der Waals surface area contributed by atoms with Crippen LogP contribution in [0.3, 0.4) is 0 Å². The van der Waals surface area contributed by atoms with Crippen LogP contribution in [0.5, 0.6) is 0 Å². The molecule has 0 saturated carbocycles. The molecule has 0 aliphatic carbocycles. The van der Waals surface area contributed by atoms with Gasteiger partial charge in [-0.25, -0.2) is 0 Å². The Morgan fingerprint density at radius 2 is 1.92 bits per heavy atom. The Balaban J connectivity index is 1.31. The third-order valence-corrected chi connectivity index (χ3v) is 7.42. The first-order valence-electron chi connectivity index (χ1n) is 14.1. The highest BCUT2D eigenvalue weighted by Crippen LogP contribution is 2.17. The molecule has 7 heteroatoms. The number of rotatable bonds is 12. The highest BCUT2D eigenvalue weighted by molar-refractivity contribution is 5.94. The predicted molar refractivity (Wildman–Crippen MR) is 150 cm³/mol. The number of nitrogens with one attached hydrogen (secondary N) is 1. The Bertz CT molecular complexity index is 1180. The first-order chi connectivity index (χ1) is 18.4. The molecule has 38 heavy (non-hydrogen) atoms. The Morgan fingerprint density at radius 1 is 1.11 bits per heavy atom. The van der Waals surface area contributed by atoms with E-state index in [0.29, 0.717) is 49.3 Å². The zero-order valence-corrected chi connectivity index (χ0v) is 23.1. The zero-order chi connectivity index (χ0) is 26.9. The lowest BCUT2D eigenvalue weighted by Gasteiger charge is -2.33. The Morgan fingerprint density at radius 3 is 2.68 bits per heavy atom. The van der Waals surface area contributed by atoms with E-state index in [1.54, 1.807) is 6.07 Å². The number of carbonyl (C=O) groups is 2. The summed E-state index contributed by atoms with van der Waals surface area (Å²) < 4.78 is 7.97. The van der Waals surface area contributed by atoms with Crippen molar-refractivity contribution in [3.8, 4) is 0 Å². The van der Waals surface area contributed by atoms with Gasteiger partial charge >= 0.3 is 0 Å². The summed E-state index contributed by atoms with van der Waals surface area (Å²) in [5, 5.41) is 3.00. The largest absolute Gasteiger partial charge is 0.454 e. The fraction of sp³-hybridized carbons (Fsp3) is 0.484. The maximum atomic E-state index is 13.2. The number of hydrogen-bond donors (Lipinski definition) is 1. The second-order valence-electron chi connectivity index (χ2n) is 10.5. The van der Waals surface area contributed by atoms with Gasteiger partial charge in [0.25, 0.3) is 11.8 Å².